The van der Waals surface area contributed by atoms with Crippen LogP contribution in [0.3, 0.4) is 0 Å². The Labute approximate surface area is 96.8 Å². The fraction of sp³-hybridized carbons (Fsp3) is 0.538. The maximum atomic E-state index is 12.8. The van der Waals surface area contributed by atoms with Gasteiger partial charge in [0.05, 0.1) is 6.61 Å². The summed E-state index contributed by atoms with van der Waals surface area (Å²) in [4.78, 5) is 0. The molecule has 0 aliphatic rings. The van der Waals surface area contributed by atoms with Crippen molar-refractivity contribution in [3.8, 4) is 5.75 Å². The van der Waals surface area contributed by atoms with E-state index < -0.39 is 0 Å². The van der Waals surface area contributed by atoms with Crippen molar-refractivity contribution in [3.05, 3.63) is 30.1 Å². The number of benzene rings is 1. The van der Waals surface area contributed by atoms with E-state index >= 15 is 0 Å². The standard InChI is InChI=1S/C13H20FNO/c1-11(15-2)6-3-4-9-16-13-8-5-7-12(14)10-13/h5,7-8,10-11,15H,3-4,6,9H2,1-2H3. The lowest BCUT2D eigenvalue weighted by Crippen LogP contribution is -2.20. The first-order valence-electron chi connectivity index (χ1n) is 5.78. The first kappa shape index (κ1) is 13.0. The molecule has 0 fully saturated rings. The molecule has 1 rings (SSSR count). The van der Waals surface area contributed by atoms with Crippen LogP contribution in [0.1, 0.15) is 26.2 Å². The van der Waals surface area contributed by atoms with Gasteiger partial charge in [-0.3, -0.25) is 0 Å². The number of unbranched alkanes of at least 4 members (excludes halogenated alkanes) is 1. The van der Waals surface area contributed by atoms with Crippen LogP contribution in [0.4, 0.5) is 4.39 Å². The van der Waals surface area contributed by atoms with Crippen LogP contribution in [0.5, 0.6) is 5.75 Å². The van der Waals surface area contributed by atoms with Gasteiger partial charge in [-0.15, -0.1) is 0 Å². The van der Waals surface area contributed by atoms with E-state index in [-0.39, 0.29) is 5.82 Å². The second kappa shape index (κ2) is 7.23. The van der Waals surface area contributed by atoms with E-state index in [0.717, 1.165) is 19.3 Å². The molecule has 1 N–H and O–H groups in total. The van der Waals surface area contributed by atoms with Crippen molar-refractivity contribution in [2.24, 2.45) is 0 Å². The average Bonchev–Trinajstić information content (AvgIpc) is 2.28. The summed E-state index contributed by atoms with van der Waals surface area (Å²) in [5.41, 5.74) is 0. The van der Waals surface area contributed by atoms with Crippen molar-refractivity contribution in [1.29, 1.82) is 0 Å². The summed E-state index contributed by atoms with van der Waals surface area (Å²) in [5.74, 6) is 0.364. The quantitative estimate of drug-likeness (QED) is 0.720. The van der Waals surface area contributed by atoms with Crippen LogP contribution in [0, 0.1) is 5.82 Å². The molecule has 0 saturated carbocycles. The van der Waals surface area contributed by atoms with Crippen molar-refractivity contribution < 1.29 is 9.13 Å². The second-order valence-corrected chi connectivity index (χ2v) is 3.99. The van der Waals surface area contributed by atoms with Gasteiger partial charge in [-0.1, -0.05) is 6.07 Å². The van der Waals surface area contributed by atoms with Crippen LogP contribution >= 0.6 is 0 Å². The summed E-state index contributed by atoms with van der Waals surface area (Å²) in [6.07, 6.45) is 3.27. The first-order chi connectivity index (χ1) is 7.72. The Kier molecular flexibility index (Phi) is 5.86. The highest BCUT2D eigenvalue weighted by Gasteiger charge is 1.98. The zero-order valence-corrected chi connectivity index (χ0v) is 10.0. The fourth-order valence-corrected chi connectivity index (χ4v) is 1.44. The Hall–Kier alpha value is -1.09. The second-order valence-electron chi connectivity index (χ2n) is 3.99. The summed E-state index contributed by atoms with van der Waals surface area (Å²) >= 11 is 0. The van der Waals surface area contributed by atoms with Crippen LogP contribution in [0.2, 0.25) is 0 Å². The third-order valence-electron chi connectivity index (χ3n) is 2.59. The summed E-state index contributed by atoms with van der Waals surface area (Å²) in [6, 6.07) is 6.82. The molecule has 0 bridgehead atoms. The monoisotopic (exact) mass is 225 g/mol. The number of halogens is 1. The predicted molar refractivity (Wildman–Crippen MR) is 64.3 cm³/mol. The lowest BCUT2D eigenvalue weighted by atomic mass is 10.1. The van der Waals surface area contributed by atoms with Crippen LogP contribution < -0.4 is 10.1 Å². The number of hydrogen-bond acceptors (Lipinski definition) is 2. The average molecular weight is 225 g/mol. The lowest BCUT2D eigenvalue weighted by Gasteiger charge is -2.10. The molecule has 0 aromatic heterocycles. The summed E-state index contributed by atoms with van der Waals surface area (Å²) in [6.45, 7) is 2.81. The predicted octanol–water partition coefficient (Wildman–Crippen LogP) is 2.98. The van der Waals surface area contributed by atoms with Crippen molar-refractivity contribution in [2.75, 3.05) is 13.7 Å². The molecule has 16 heavy (non-hydrogen) atoms. The zero-order chi connectivity index (χ0) is 11.8. The zero-order valence-electron chi connectivity index (χ0n) is 10.0. The lowest BCUT2D eigenvalue weighted by molar-refractivity contribution is 0.301. The summed E-state index contributed by atoms with van der Waals surface area (Å²) < 4.78 is 18.2. The van der Waals surface area contributed by atoms with Gasteiger partial charge in [0.25, 0.3) is 0 Å². The van der Waals surface area contributed by atoms with E-state index in [1.165, 1.54) is 12.1 Å². The van der Waals surface area contributed by atoms with Gasteiger partial charge in [-0.05, 0) is 45.4 Å². The van der Waals surface area contributed by atoms with Gasteiger partial charge in [-0.25, -0.2) is 4.39 Å². The molecule has 90 valence electrons. The summed E-state index contributed by atoms with van der Waals surface area (Å²) in [7, 11) is 1.97. The van der Waals surface area contributed by atoms with Gasteiger partial charge < -0.3 is 10.1 Å². The van der Waals surface area contributed by atoms with Crippen molar-refractivity contribution >= 4 is 0 Å². The van der Waals surface area contributed by atoms with Gasteiger partial charge in [-0.2, -0.15) is 0 Å². The van der Waals surface area contributed by atoms with Crippen LogP contribution in [0.15, 0.2) is 24.3 Å². The van der Waals surface area contributed by atoms with E-state index in [0.29, 0.717) is 18.4 Å². The molecule has 2 nitrogen and oxygen atoms in total. The van der Waals surface area contributed by atoms with E-state index in [1.807, 2.05) is 7.05 Å². The Bertz CT molecular complexity index is 304. The van der Waals surface area contributed by atoms with E-state index in [2.05, 4.69) is 12.2 Å². The molecule has 0 amide bonds. The largest absolute Gasteiger partial charge is 0.493 e. The maximum absolute atomic E-state index is 12.8. The minimum absolute atomic E-state index is 0.249. The molecule has 1 atom stereocenters. The van der Waals surface area contributed by atoms with Crippen molar-refractivity contribution in [3.63, 3.8) is 0 Å². The first-order valence-corrected chi connectivity index (χ1v) is 5.78. The molecule has 0 saturated heterocycles. The normalized spacial score (nSPS) is 12.4. The van der Waals surface area contributed by atoms with E-state index in [9.17, 15) is 4.39 Å². The van der Waals surface area contributed by atoms with Crippen LogP contribution in [-0.4, -0.2) is 19.7 Å². The minimum atomic E-state index is -0.249. The SMILES string of the molecule is CNC(C)CCCCOc1cccc(F)c1. The topological polar surface area (TPSA) is 21.3 Å². The molecule has 0 aliphatic heterocycles. The fourth-order valence-electron chi connectivity index (χ4n) is 1.44. The number of ether oxygens (including phenoxy) is 1. The van der Waals surface area contributed by atoms with Crippen molar-refractivity contribution in [1.82, 2.24) is 5.32 Å². The maximum Gasteiger partial charge on any atom is 0.126 e. The molecular weight excluding hydrogens is 205 g/mol. The molecule has 1 aromatic carbocycles. The molecule has 0 heterocycles. The molecule has 0 radical (unpaired) electrons. The Morgan fingerprint density at radius 2 is 2.19 bits per heavy atom. The molecule has 0 aliphatic carbocycles. The van der Waals surface area contributed by atoms with Crippen molar-refractivity contribution in [2.45, 2.75) is 32.2 Å². The molecule has 1 aromatic rings. The molecular formula is C13H20FNO. The summed E-state index contributed by atoms with van der Waals surface area (Å²) in [5, 5.41) is 3.19. The van der Waals surface area contributed by atoms with Crippen LogP contribution in [-0.2, 0) is 0 Å². The highest BCUT2D eigenvalue weighted by atomic mass is 19.1. The smallest absolute Gasteiger partial charge is 0.126 e. The van der Waals surface area contributed by atoms with Gasteiger partial charge >= 0.3 is 0 Å². The van der Waals surface area contributed by atoms with E-state index in [4.69, 9.17) is 4.74 Å². The number of rotatable bonds is 7. The minimum Gasteiger partial charge on any atom is -0.493 e. The van der Waals surface area contributed by atoms with E-state index in [1.54, 1.807) is 12.1 Å². The highest BCUT2D eigenvalue weighted by Crippen LogP contribution is 2.12. The molecule has 0 spiro atoms. The third-order valence-corrected chi connectivity index (χ3v) is 2.59. The Balaban J connectivity index is 2.12. The van der Waals surface area contributed by atoms with Crippen LogP contribution in [0.25, 0.3) is 0 Å². The molecule has 3 heteroatoms. The van der Waals surface area contributed by atoms with Gasteiger partial charge in [0, 0.05) is 12.1 Å². The Morgan fingerprint density at radius 3 is 2.88 bits per heavy atom. The molecule has 1 unspecified atom stereocenters. The number of nitrogens with one attached hydrogen (secondary N) is 1. The Morgan fingerprint density at radius 1 is 1.38 bits per heavy atom. The van der Waals surface area contributed by atoms with Gasteiger partial charge in [0.15, 0.2) is 0 Å². The third kappa shape index (κ3) is 5.12. The highest BCUT2D eigenvalue weighted by molar-refractivity contribution is 5.22. The number of hydrogen-bond donors (Lipinski definition) is 1. The van der Waals surface area contributed by atoms with Gasteiger partial charge in [0.2, 0.25) is 0 Å². The van der Waals surface area contributed by atoms with Gasteiger partial charge in [0.1, 0.15) is 11.6 Å².